The van der Waals surface area contributed by atoms with Crippen molar-refractivity contribution in [1.29, 1.82) is 0 Å². The van der Waals surface area contributed by atoms with E-state index in [0.717, 1.165) is 4.68 Å². The highest BCUT2D eigenvalue weighted by atomic mass is 16.6. The second kappa shape index (κ2) is 6.68. The molecule has 0 bridgehead atoms. The molecule has 4 rings (SSSR count). The van der Waals surface area contributed by atoms with Gasteiger partial charge in [0, 0.05) is 17.7 Å². The number of nitro benzene ring substituents is 1. The Morgan fingerprint density at radius 1 is 1.11 bits per heavy atom. The van der Waals surface area contributed by atoms with Crippen molar-refractivity contribution in [3.8, 4) is 11.3 Å². The first kappa shape index (κ1) is 16.4. The zero-order chi connectivity index (χ0) is 18.8. The number of nitrogens with zero attached hydrogens (tertiary/aromatic N) is 4. The molecule has 2 aromatic heterocycles. The molecule has 0 spiro atoms. The van der Waals surface area contributed by atoms with Crippen molar-refractivity contribution in [1.82, 2.24) is 9.66 Å². The average molecular weight is 360 g/mol. The van der Waals surface area contributed by atoms with Gasteiger partial charge in [0.15, 0.2) is 0 Å². The molecule has 0 radical (unpaired) electrons. The summed E-state index contributed by atoms with van der Waals surface area (Å²) >= 11 is 0. The van der Waals surface area contributed by atoms with Gasteiger partial charge in [-0.1, -0.05) is 24.3 Å². The minimum absolute atomic E-state index is 0.0205. The zero-order valence-corrected chi connectivity index (χ0v) is 13.9. The molecule has 0 atom stereocenters. The predicted octanol–water partition coefficient (Wildman–Crippen LogP) is 3.45. The van der Waals surface area contributed by atoms with Crippen molar-refractivity contribution in [3.05, 3.63) is 93.2 Å². The largest absolute Gasteiger partial charge is 0.455 e. The molecule has 0 unspecified atom stereocenters. The second-order valence-corrected chi connectivity index (χ2v) is 5.67. The van der Waals surface area contributed by atoms with Crippen LogP contribution in [0.15, 0.2) is 81.3 Å². The molecule has 0 N–H and O–H groups in total. The number of nitro groups is 1. The van der Waals surface area contributed by atoms with Crippen molar-refractivity contribution < 1.29 is 9.34 Å². The fourth-order valence-corrected chi connectivity index (χ4v) is 2.61. The van der Waals surface area contributed by atoms with Gasteiger partial charge in [0.2, 0.25) is 0 Å². The van der Waals surface area contributed by atoms with Crippen LogP contribution in [0.2, 0.25) is 0 Å². The minimum Gasteiger partial charge on any atom is -0.455 e. The number of furan rings is 1. The maximum atomic E-state index is 12.4. The summed E-state index contributed by atoms with van der Waals surface area (Å²) in [6.07, 6.45) is 2.73. The molecule has 0 aliphatic heterocycles. The van der Waals surface area contributed by atoms with Crippen LogP contribution in [-0.2, 0) is 0 Å². The lowest BCUT2D eigenvalue weighted by Gasteiger charge is -1.99. The van der Waals surface area contributed by atoms with Crippen molar-refractivity contribution in [3.63, 3.8) is 0 Å². The van der Waals surface area contributed by atoms with Crippen molar-refractivity contribution in [2.24, 2.45) is 5.10 Å². The van der Waals surface area contributed by atoms with Gasteiger partial charge in [0.05, 0.1) is 22.0 Å². The summed E-state index contributed by atoms with van der Waals surface area (Å²) in [5, 5.41) is 15.4. The van der Waals surface area contributed by atoms with E-state index in [4.69, 9.17) is 4.42 Å². The number of para-hydroxylation sites is 1. The van der Waals surface area contributed by atoms with Gasteiger partial charge in [0.25, 0.3) is 11.2 Å². The van der Waals surface area contributed by atoms with Crippen molar-refractivity contribution in [2.75, 3.05) is 0 Å². The third kappa shape index (κ3) is 3.23. The van der Waals surface area contributed by atoms with E-state index in [1.165, 1.54) is 24.7 Å². The zero-order valence-electron chi connectivity index (χ0n) is 13.9. The Hall–Kier alpha value is -4.07. The van der Waals surface area contributed by atoms with Gasteiger partial charge < -0.3 is 4.42 Å². The third-order valence-corrected chi connectivity index (χ3v) is 3.93. The van der Waals surface area contributed by atoms with E-state index in [2.05, 4.69) is 10.1 Å². The summed E-state index contributed by atoms with van der Waals surface area (Å²) in [4.78, 5) is 27.0. The topological polar surface area (TPSA) is 104 Å². The van der Waals surface area contributed by atoms with Crippen molar-refractivity contribution >= 4 is 22.8 Å². The maximum Gasteiger partial charge on any atom is 0.281 e. The monoisotopic (exact) mass is 360 g/mol. The van der Waals surface area contributed by atoms with E-state index in [-0.39, 0.29) is 11.2 Å². The SMILES string of the molecule is O=c1c2ccccc2ncn1/N=C/c1ccc(-c2cccc([N+](=O)[O-])c2)o1. The molecule has 2 aromatic carbocycles. The van der Waals surface area contributed by atoms with Crippen LogP contribution in [0.3, 0.4) is 0 Å². The predicted molar refractivity (Wildman–Crippen MR) is 99.8 cm³/mol. The highest BCUT2D eigenvalue weighted by molar-refractivity contribution is 5.79. The second-order valence-electron chi connectivity index (χ2n) is 5.67. The van der Waals surface area contributed by atoms with E-state index < -0.39 is 4.92 Å². The number of hydrogen-bond donors (Lipinski definition) is 0. The van der Waals surface area contributed by atoms with Gasteiger partial charge in [-0.15, -0.1) is 0 Å². The molecular formula is C19H12N4O4. The van der Waals surface area contributed by atoms with Gasteiger partial charge in [0.1, 0.15) is 17.8 Å². The van der Waals surface area contributed by atoms with E-state index in [9.17, 15) is 14.9 Å². The minimum atomic E-state index is -0.464. The van der Waals surface area contributed by atoms with E-state index in [1.54, 1.807) is 48.5 Å². The number of aromatic nitrogens is 2. The molecule has 4 aromatic rings. The van der Waals surface area contributed by atoms with Gasteiger partial charge in [-0.3, -0.25) is 14.9 Å². The van der Waals surface area contributed by atoms with Crippen molar-refractivity contribution in [2.45, 2.75) is 0 Å². The quantitative estimate of drug-likeness (QED) is 0.315. The smallest absolute Gasteiger partial charge is 0.281 e. The Labute approximate surface area is 152 Å². The summed E-state index contributed by atoms with van der Waals surface area (Å²) in [5.41, 5.74) is 0.864. The van der Waals surface area contributed by atoms with Crippen LogP contribution in [-0.4, -0.2) is 20.8 Å². The first-order chi connectivity index (χ1) is 13.1. The van der Waals surface area contributed by atoms with Crippen LogP contribution in [0.5, 0.6) is 0 Å². The van der Waals surface area contributed by atoms with Crippen LogP contribution < -0.4 is 5.56 Å². The van der Waals surface area contributed by atoms with Crippen LogP contribution in [0.25, 0.3) is 22.2 Å². The number of non-ortho nitro benzene ring substituents is 1. The Kier molecular flexibility index (Phi) is 4.06. The maximum absolute atomic E-state index is 12.4. The fraction of sp³-hybridized carbons (Fsp3) is 0. The first-order valence-corrected chi connectivity index (χ1v) is 7.97. The molecule has 0 aliphatic rings. The molecule has 0 amide bonds. The molecule has 8 nitrogen and oxygen atoms in total. The Bertz CT molecular complexity index is 1240. The van der Waals surface area contributed by atoms with E-state index in [0.29, 0.717) is 28.0 Å². The van der Waals surface area contributed by atoms with Crippen LogP contribution in [0, 0.1) is 10.1 Å². The van der Waals surface area contributed by atoms with Crippen LogP contribution in [0.4, 0.5) is 5.69 Å². The number of fused-ring (bicyclic) bond motifs is 1. The summed E-state index contributed by atoms with van der Waals surface area (Å²) in [6.45, 7) is 0. The number of rotatable bonds is 4. The molecule has 0 saturated carbocycles. The summed E-state index contributed by atoms with van der Waals surface area (Å²) in [5.74, 6) is 0.862. The highest BCUT2D eigenvalue weighted by Gasteiger charge is 2.10. The van der Waals surface area contributed by atoms with Gasteiger partial charge in [-0.05, 0) is 24.3 Å². The highest BCUT2D eigenvalue weighted by Crippen LogP contribution is 2.25. The Morgan fingerprint density at radius 2 is 1.96 bits per heavy atom. The molecular weight excluding hydrogens is 348 g/mol. The van der Waals surface area contributed by atoms with Gasteiger partial charge in [-0.2, -0.15) is 9.78 Å². The fourth-order valence-electron chi connectivity index (χ4n) is 2.61. The first-order valence-electron chi connectivity index (χ1n) is 7.97. The lowest BCUT2D eigenvalue weighted by atomic mass is 10.1. The van der Waals surface area contributed by atoms with Crippen LogP contribution >= 0.6 is 0 Å². The number of benzene rings is 2. The molecule has 0 saturated heterocycles. The molecule has 27 heavy (non-hydrogen) atoms. The third-order valence-electron chi connectivity index (χ3n) is 3.93. The normalized spacial score (nSPS) is 11.3. The molecule has 8 heteroatoms. The molecule has 132 valence electrons. The molecule has 0 aliphatic carbocycles. The Morgan fingerprint density at radius 3 is 2.81 bits per heavy atom. The Balaban J connectivity index is 1.63. The average Bonchev–Trinajstić information content (AvgIpc) is 3.17. The summed E-state index contributed by atoms with van der Waals surface area (Å²) in [7, 11) is 0. The standard InChI is InChI=1S/C19H12N4O4/c24-19-16-6-1-2-7-17(16)20-12-22(19)21-11-15-8-9-18(27-15)13-4-3-5-14(10-13)23(25)26/h1-12H/b21-11+. The lowest BCUT2D eigenvalue weighted by molar-refractivity contribution is -0.384. The van der Waals surface area contributed by atoms with E-state index >= 15 is 0 Å². The molecule has 2 heterocycles. The van der Waals surface area contributed by atoms with Gasteiger partial charge >= 0.3 is 0 Å². The summed E-state index contributed by atoms with van der Waals surface area (Å²) < 4.78 is 6.77. The van der Waals surface area contributed by atoms with Crippen LogP contribution in [0.1, 0.15) is 5.76 Å². The van der Waals surface area contributed by atoms with Gasteiger partial charge in [-0.25, -0.2) is 4.98 Å². The summed E-state index contributed by atoms with van der Waals surface area (Å²) in [6, 6.07) is 16.5. The number of hydrogen-bond acceptors (Lipinski definition) is 6. The van der Waals surface area contributed by atoms with E-state index in [1.807, 2.05) is 0 Å². The lowest BCUT2D eigenvalue weighted by Crippen LogP contribution is -2.16. The molecule has 0 fully saturated rings.